The molecule has 1 nitrogen and oxygen atoms in total. The van der Waals surface area contributed by atoms with Gasteiger partial charge >= 0.3 is 0 Å². The van der Waals surface area contributed by atoms with Gasteiger partial charge in [-0.2, -0.15) is 5.26 Å². The minimum absolute atomic E-state index is 0.0995. The number of nitrogens with zero attached hydrogens (tertiary/aromatic N) is 1. The number of nitriles is 1. The first kappa shape index (κ1) is 13.8. The number of fused-ring (bicyclic) bond motifs is 1. The van der Waals surface area contributed by atoms with Crippen LogP contribution >= 0.6 is 0 Å². The lowest BCUT2D eigenvalue weighted by Crippen LogP contribution is -2.13. The van der Waals surface area contributed by atoms with E-state index in [4.69, 9.17) is 5.26 Å². The van der Waals surface area contributed by atoms with E-state index in [9.17, 15) is 4.39 Å². The standard InChI is InChI=1S/C19H18FN/c1-2-13-3-4-15-10-16(6-5-14(15)9-13)17-7-8-18(12-21)19(20)11-17/h5-8,10-11,13H,2-4,9H2,1H3. The summed E-state index contributed by atoms with van der Waals surface area (Å²) in [6.07, 6.45) is 4.75. The molecule has 0 heterocycles. The second-order valence-corrected chi connectivity index (χ2v) is 5.81. The molecule has 1 aliphatic carbocycles. The van der Waals surface area contributed by atoms with Crippen molar-refractivity contribution in [1.29, 1.82) is 5.26 Å². The zero-order chi connectivity index (χ0) is 14.8. The number of halogens is 1. The van der Waals surface area contributed by atoms with Crippen molar-refractivity contribution in [2.24, 2.45) is 5.92 Å². The molecule has 0 aromatic heterocycles. The van der Waals surface area contributed by atoms with Crippen molar-refractivity contribution in [3.8, 4) is 17.2 Å². The summed E-state index contributed by atoms with van der Waals surface area (Å²) in [5.74, 6) is 0.356. The topological polar surface area (TPSA) is 23.8 Å². The van der Waals surface area contributed by atoms with Gasteiger partial charge in [-0.05, 0) is 59.6 Å². The Bertz CT molecular complexity index is 712. The van der Waals surface area contributed by atoms with Gasteiger partial charge in [-0.15, -0.1) is 0 Å². The molecule has 2 aromatic rings. The van der Waals surface area contributed by atoms with Crippen molar-refractivity contribution in [1.82, 2.24) is 0 Å². The van der Waals surface area contributed by atoms with Gasteiger partial charge in [-0.25, -0.2) is 4.39 Å². The Morgan fingerprint density at radius 3 is 2.62 bits per heavy atom. The van der Waals surface area contributed by atoms with E-state index in [0.29, 0.717) is 0 Å². The first-order valence-corrected chi connectivity index (χ1v) is 7.53. The Morgan fingerprint density at radius 1 is 1.14 bits per heavy atom. The van der Waals surface area contributed by atoms with Crippen LogP contribution in [0.4, 0.5) is 4.39 Å². The van der Waals surface area contributed by atoms with Crippen molar-refractivity contribution in [2.75, 3.05) is 0 Å². The van der Waals surface area contributed by atoms with Crippen LogP contribution in [0.15, 0.2) is 36.4 Å². The molecule has 1 atom stereocenters. The zero-order valence-corrected chi connectivity index (χ0v) is 12.2. The monoisotopic (exact) mass is 279 g/mol. The van der Waals surface area contributed by atoms with Gasteiger partial charge in [0, 0.05) is 0 Å². The third kappa shape index (κ3) is 2.69. The van der Waals surface area contributed by atoms with E-state index in [1.54, 1.807) is 6.07 Å². The van der Waals surface area contributed by atoms with Crippen LogP contribution in [0.25, 0.3) is 11.1 Å². The van der Waals surface area contributed by atoms with E-state index in [2.05, 4.69) is 25.1 Å². The van der Waals surface area contributed by atoms with Gasteiger partial charge in [-0.1, -0.05) is 37.6 Å². The number of benzene rings is 2. The van der Waals surface area contributed by atoms with Crippen molar-refractivity contribution < 1.29 is 4.39 Å². The van der Waals surface area contributed by atoms with Crippen LogP contribution in [0.2, 0.25) is 0 Å². The van der Waals surface area contributed by atoms with Crippen LogP contribution in [-0.2, 0) is 12.8 Å². The highest BCUT2D eigenvalue weighted by Gasteiger charge is 2.17. The summed E-state index contributed by atoms with van der Waals surface area (Å²) in [5.41, 5.74) is 4.80. The maximum absolute atomic E-state index is 13.7. The van der Waals surface area contributed by atoms with Gasteiger partial charge in [0.1, 0.15) is 11.9 Å². The van der Waals surface area contributed by atoms with E-state index < -0.39 is 5.82 Å². The molecule has 0 aliphatic heterocycles. The van der Waals surface area contributed by atoms with E-state index >= 15 is 0 Å². The maximum atomic E-state index is 13.7. The van der Waals surface area contributed by atoms with Crippen LogP contribution in [0, 0.1) is 23.1 Å². The Hall–Kier alpha value is -2.14. The van der Waals surface area contributed by atoms with Crippen LogP contribution in [0.1, 0.15) is 36.5 Å². The fraction of sp³-hybridized carbons (Fsp3) is 0.316. The molecule has 0 bridgehead atoms. The summed E-state index contributed by atoms with van der Waals surface area (Å²) < 4.78 is 13.7. The molecule has 0 fully saturated rings. The largest absolute Gasteiger partial charge is 0.206 e. The fourth-order valence-corrected chi connectivity index (χ4v) is 3.14. The zero-order valence-electron chi connectivity index (χ0n) is 12.2. The van der Waals surface area contributed by atoms with Crippen molar-refractivity contribution in [2.45, 2.75) is 32.6 Å². The first-order valence-electron chi connectivity index (χ1n) is 7.53. The number of rotatable bonds is 2. The first-order chi connectivity index (χ1) is 10.2. The predicted molar refractivity (Wildman–Crippen MR) is 82.4 cm³/mol. The highest BCUT2D eigenvalue weighted by Crippen LogP contribution is 2.31. The summed E-state index contributed by atoms with van der Waals surface area (Å²) in [6, 6.07) is 13.1. The third-order valence-corrected chi connectivity index (χ3v) is 4.54. The van der Waals surface area contributed by atoms with E-state index in [-0.39, 0.29) is 5.56 Å². The number of hydrogen-bond donors (Lipinski definition) is 0. The molecule has 106 valence electrons. The summed E-state index contributed by atoms with van der Waals surface area (Å²) in [6.45, 7) is 2.25. The second kappa shape index (κ2) is 5.69. The van der Waals surface area contributed by atoms with Crippen LogP contribution in [-0.4, -0.2) is 0 Å². The number of aryl methyl sites for hydroxylation is 1. The SMILES string of the molecule is CCC1CCc2cc(-c3ccc(C#N)c(F)c3)ccc2C1. The Kier molecular flexibility index (Phi) is 3.75. The van der Waals surface area contributed by atoms with E-state index in [1.165, 1.54) is 30.0 Å². The lowest BCUT2D eigenvalue weighted by Gasteiger charge is -2.24. The molecule has 0 amide bonds. The molecule has 1 unspecified atom stereocenters. The molecule has 2 aromatic carbocycles. The highest BCUT2D eigenvalue weighted by molar-refractivity contribution is 5.66. The Morgan fingerprint density at radius 2 is 1.90 bits per heavy atom. The highest BCUT2D eigenvalue weighted by atomic mass is 19.1. The molecule has 3 rings (SSSR count). The average Bonchev–Trinajstić information content (AvgIpc) is 2.53. The Balaban J connectivity index is 1.94. The molecular formula is C19H18FN. The smallest absolute Gasteiger partial charge is 0.141 e. The van der Waals surface area contributed by atoms with Crippen LogP contribution in [0.5, 0.6) is 0 Å². The van der Waals surface area contributed by atoms with Crippen molar-refractivity contribution in [3.05, 3.63) is 58.9 Å². The lowest BCUT2D eigenvalue weighted by molar-refractivity contribution is 0.445. The Labute approximate surface area is 125 Å². The molecule has 21 heavy (non-hydrogen) atoms. The molecule has 2 heteroatoms. The molecule has 0 N–H and O–H groups in total. The van der Waals surface area contributed by atoms with Crippen molar-refractivity contribution in [3.63, 3.8) is 0 Å². The molecule has 0 saturated heterocycles. The predicted octanol–water partition coefficient (Wildman–Crippen LogP) is 4.88. The summed E-state index contributed by atoms with van der Waals surface area (Å²) in [5, 5.41) is 8.80. The van der Waals surface area contributed by atoms with Crippen molar-refractivity contribution >= 4 is 0 Å². The minimum Gasteiger partial charge on any atom is -0.206 e. The van der Waals surface area contributed by atoms with Gasteiger partial charge in [0.15, 0.2) is 0 Å². The fourth-order valence-electron chi connectivity index (χ4n) is 3.14. The quantitative estimate of drug-likeness (QED) is 0.768. The molecule has 0 saturated carbocycles. The average molecular weight is 279 g/mol. The van der Waals surface area contributed by atoms with Gasteiger partial charge in [0.05, 0.1) is 5.56 Å². The summed E-state index contributed by atoms with van der Waals surface area (Å²) in [4.78, 5) is 0. The molecular weight excluding hydrogens is 261 g/mol. The lowest BCUT2D eigenvalue weighted by atomic mass is 9.81. The van der Waals surface area contributed by atoms with Gasteiger partial charge < -0.3 is 0 Å². The van der Waals surface area contributed by atoms with Gasteiger partial charge in [0.2, 0.25) is 0 Å². The minimum atomic E-state index is -0.446. The molecule has 0 spiro atoms. The second-order valence-electron chi connectivity index (χ2n) is 5.81. The van der Waals surface area contributed by atoms with Crippen LogP contribution < -0.4 is 0 Å². The van der Waals surface area contributed by atoms with Gasteiger partial charge in [0.25, 0.3) is 0 Å². The van der Waals surface area contributed by atoms with Gasteiger partial charge in [-0.3, -0.25) is 0 Å². The van der Waals surface area contributed by atoms with E-state index in [1.807, 2.05) is 12.1 Å². The third-order valence-electron chi connectivity index (χ3n) is 4.54. The molecule has 0 radical (unpaired) electrons. The normalized spacial score (nSPS) is 17.1. The summed E-state index contributed by atoms with van der Waals surface area (Å²) in [7, 11) is 0. The number of hydrogen-bond acceptors (Lipinski definition) is 1. The van der Waals surface area contributed by atoms with Crippen LogP contribution in [0.3, 0.4) is 0 Å². The summed E-state index contributed by atoms with van der Waals surface area (Å²) >= 11 is 0. The molecule has 1 aliphatic rings. The maximum Gasteiger partial charge on any atom is 0.141 e. The van der Waals surface area contributed by atoms with E-state index in [0.717, 1.165) is 29.9 Å².